The van der Waals surface area contributed by atoms with Crippen molar-refractivity contribution in [3.05, 3.63) is 59.2 Å². The zero-order chi connectivity index (χ0) is 75.0. The van der Waals surface area contributed by atoms with Gasteiger partial charge in [-0.05, 0) is 125 Å². The average Bonchev–Trinajstić information content (AvgIpc) is 1.58. The van der Waals surface area contributed by atoms with Gasteiger partial charge in [0.1, 0.15) is 84.7 Å². The maximum Gasteiger partial charge on any atom is 0.344 e. The first-order valence-corrected chi connectivity index (χ1v) is 35.7. The lowest BCUT2D eigenvalue weighted by Gasteiger charge is -2.31. The van der Waals surface area contributed by atoms with Gasteiger partial charge in [0, 0.05) is 48.9 Å². The number of hydrogen-bond acceptors (Lipinski definition) is 23. The number of aliphatic hydroxyl groups is 1. The van der Waals surface area contributed by atoms with E-state index in [9.17, 15) is 72.9 Å². The molecule has 562 valence electrons. The van der Waals surface area contributed by atoms with Crippen LogP contribution in [0.3, 0.4) is 0 Å². The van der Waals surface area contributed by atoms with Gasteiger partial charge in [0.25, 0.3) is 5.91 Å². The summed E-state index contributed by atoms with van der Waals surface area (Å²) in [5.74, 6) is -13.5. The Hall–Kier alpha value is -9.49. The summed E-state index contributed by atoms with van der Waals surface area (Å²) in [5.41, 5.74) is 18.7. The Morgan fingerprint density at radius 2 is 1.30 bits per heavy atom. The lowest BCUT2D eigenvalue weighted by molar-refractivity contribution is -0.255. The van der Waals surface area contributed by atoms with Crippen molar-refractivity contribution in [2.45, 2.75) is 189 Å². The largest absolute Gasteiger partial charge is 0.508 e. The maximum atomic E-state index is 15.2. The molecular formula is C65H95N15O20S2. The number of amides is 11. The topological polar surface area (TPSA) is 534 Å². The number of nitrogens with two attached hydrogens (primary N) is 3. The summed E-state index contributed by atoms with van der Waals surface area (Å²) in [6.07, 6.45) is -0.340. The Bertz CT molecular complexity index is 3310. The highest BCUT2D eigenvalue weighted by Crippen LogP contribution is 2.27. The molecule has 4 bridgehead atoms. The van der Waals surface area contributed by atoms with E-state index in [1.807, 2.05) is 6.07 Å². The second-order valence-electron chi connectivity index (χ2n) is 25.0. The highest BCUT2D eigenvalue weighted by molar-refractivity contribution is 7.98. The van der Waals surface area contributed by atoms with Crippen LogP contribution in [0.1, 0.15) is 121 Å². The fraction of sp³-hybridized carbons (Fsp3) is 0.585. The summed E-state index contributed by atoms with van der Waals surface area (Å²) in [6, 6.07) is -4.78. The van der Waals surface area contributed by atoms with E-state index in [-0.39, 0.29) is 105 Å². The van der Waals surface area contributed by atoms with Gasteiger partial charge >= 0.3 is 11.9 Å². The van der Waals surface area contributed by atoms with Gasteiger partial charge < -0.3 is 94.8 Å². The van der Waals surface area contributed by atoms with Gasteiger partial charge in [0.2, 0.25) is 59.1 Å². The van der Waals surface area contributed by atoms with E-state index in [4.69, 9.17) is 26.8 Å². The molecule has 5 rings (SSSR count). The maximum absolute atomic E-state index is 15.2. The quantitative estimate of drug-likeness (QED) is 0.0278. The van der Waals surface area contributed by atoms with Crippen LogP contribution in [0, 0.1) is 5.92 Å². The number of carbonyl (C=O) groups excluding carboxylic acids is 12. The van der Waals surface area contributed by atoms with Crippen molar-refractivity contribution in [2.24, 2.45) is 33.3 Å². The summed E-state index contributed by atoms with van der Waals surface area (Å²) < 4.78 is 6.27. The van der Waals surface area contributed by atoms with E-state index in [0.717, 1.165) is 33.1 Å². The van der Waals surface area contributed by atoms with Crippen LogP contribution in [0.5, 0.6) is 11.5 Å². The van der Waals surface area contributed by atoms with Crippen LogP contribution in [0.25, 0.3) is 0 Å². The molecule has 0 aromatic heterocycles. The highest BCUT2D eigenvalue weighted by Gasteiger charge is 2.41. The molecule has 0 aliphatic carbocycles. The number of fused-ring (bicyclic) bond motifs is 6. The molecule has 1 saturated heterocycles. The van der Waals surface area contributed by atoms with Gasteiger partial charge in [-0.3, -0.25) is 67.4 Å². The molecule has 2 aromatic rings. The molecular weight excluding hydrogens is 1370 g/mol. The minimum Gasteiger partial charge on any atom is -0.508 e. The molecule has 1 fully saturated rings. The SMILES string of the molecule is COOC(=O)C[C@@H]1NC(=O)[C@H](CC(C)C)NC(=O)[C@@H]2CCCN2C(=O)[C@@H]2CSCc3cc(cc(c3)OCCCCCCO/N=C/C(=O)N[C@@H](CCCN=C(N)N)C(=O)N2)CSC[C@@H](C(N)=O)NC(=O)[C@H](CCC(=O)O)NC(=O)[C@H](Cc2ccc(O)cc2)NC(=O)[C@H](C)NC(=O)[C@H]([C@@H](C)O)NC1=O. The molecule has 3 aliphatic heterocycles. The van der Waals surface area contributed by atoms with Crippen LogP contribution in [0.4, 0.5) is 0 Å². The zero-order valence-corrected chi connectivity index (χ0v) is 59.2. The number of aromatic hydroxyl groups is 1. The third-order valence-corrected chi connectivity index (χ3v) is 18.3. The Morgan fingerprint density at radius 3 is 1.95 bits per heavy atom. The Kier molecular flexibility index (Phi) is 34.8. The molecule has 3 heterocycles. The van der Waals surface area contributed by atoms with E-state index in [0.29, 0.717) is 35.3 Å². The fourth-order valence-corrected chi connectivity index (χ4v) is 12.9. The first kappa shape index (κ1) is 83.2. The molecule has 0 radical (unpaired) electrons. The summed E-state index contributed by atoms with van der Waals surface area (Å²) in [7, 11) is 0.985. The number of aliphatic imine (C=N–C) groups is 1. The summed E-state index contributed by atoms with van der Waals surface area (Å²) in [5, 5.41) is 57.2. The highest BCUT2D eigenvalue weighted by atomic mass is 32.2. The number of ether oxygens (including phenoxy) is 1. The number of phenolic OH excluding ortho intramolecular Hbond substituents is 1. The smallest absolute Gasteiger partial charge is 0.344 e. The Morgan fingerprint density at radius 1 is 0.696 bits per heavy atom. The first-order chi connectivity index (χ1) is 48.5. The van der Waals surface area contributed by atoms with E-state index in [1.54, 1.807) is 26.0 Å². The van der Waals surface area contributed by atoms with Crippen LogP contribution in [0.2, 0.25) is 0 Å². The van der Waals surface area contributed by atoms with Crippen LogP contribution in [0.15, 0.2) is 52.6 Å². The molecule has 11 amide bonds. The number of benzene rings is 2. The number of aliphatic carboxylic acids is 1. The number of carboxylic acids is 1. The number of rotatable bonds is 16. The summed E-state index contributed by atoms with van der Waals surface area (Å²) in [4.78, 5) is 201. The van der Waals surface area contributed by atoms with Crippen molar-refractivity contribution in [1.29, 1.82) is 0 Å². The Labute approximate surface area is 597 Å². The monoisotopic (exact) mass is 1470 g/mol. The van der Waals surface area contributed by atoms with Crippen molar-refractivity contribution in [1.82, 2.24) is 52.8 Å². The van der Waals surface area contributed by atoms with Gasteiger partial charge in [-0.1, -0.05) is 37.2 Å². The van der Waals surface area contributed by atoms with Crippen molar-refractivity contribution in [3.8, 4) is 11.5 Å². The van der Waals surface area contributed by atoms with Crippen LogP contribution in [-0.2, 0) is 94.9 Å². The molecule has 18 N–H and O–H groups in total. The van der Waals surface area contributed by atoms with Crippen LogP contribution < -0.4 is 69.8 Å². The normalized spacial score (nSPS) is 25.0. The summed E-state index contributed by atoms with van der Waals surface area (Å²) >= 11 is 2.38. The second-order valence-corrected chi connectivity index (χ2v) is 27.1. The zero-order valence-electron chi connectivity index (χ0n) is 57.6. The minimum atomic E-state index is -1.94. The van der Waals surface area contributed by atoms with Crippen molar-refractivity contribution in [3.63, 3.8) is 0 Å². The molecule has 102 heavy (non-hydrogen) atoms. The number of oxime groups is 1. The number of carboxylic acid groups (broad SMARTS) is 1. The molecule has 0 saturated carbocycles. The van der Waals surface area contributed by atoms with E-state index >= 15 is 4.79 Å². The van der Waals surface area contributed by atoms with Crippen molar-refractivity contribution in [2.75, 3.05) is 44.9 Å². The lowest BCUT2D eigenvalue weighted by Crippen LogP contribution is -2.62. The average molecular weight is 1470 g/mol. The van der Waals surface area contributed by atoms with Gasteiger partial charge in [-0.25, -0.2) is 4.79 Å². The molecule has 35 nitrogen and oxygen atoms in total. The molecule has 3 aliphatic rings. The van der Waals surface area contributed by atoms with E-state index < -0.39 is 163 Å². The van der Waals surface area contributed by atoms with Crippen molar-refractivity contribution >= 4 is 113 Å². The third-order valence-electron chi connectivity index (χ3n) is 16.1. The standard InChI is InChI=1S/C65H95N15O20S2/c1-35(2)24-45-59(91)75-47(29-53(86)100-97-5)61(93)79-54(37(4)81)63(95)71-36(3)56(88)74-46(28-38-14-16-41(82)17-15-38)60(92)73-44(18-19-52(84)85)58(90)77-48(55(66)87)33-101-31-39-25-40-27-42(26-39)98-22-8-6-7-9-23-99-70-30-51(83)72-43(12-10-20-69-65(67)68)57(89)78-49(34-102-32-40)64(96)80-21-11-13-50(80)62(94)76-45/h14-17,25-27,30,35-37,43-50,54,81-82H,6-13,18-24,28-29,31-34H2,1-5H3,(H2,66,87)(H,71,95)(H,72,83)(H,73,92)(H,74,88)(H,75,91)(H,76,94)(H,77,90)(H,78,89)(H,79,93)(H,84,85)(H4,67,68,69)/b70-30+/t36-,37+,43-,44-,45-,46-,47-,48-,49-,50-,54-/m0/s1. The molecule has 37 heteroatoms. The van der Waals surface area contributed by atoms with Crippen molar-refractivity contribution < 1.29 is 97.0 Å². The number of thioether (sulfide) groups is 2. The van der Waals surface area contributed by atoms with Gasteiger partial charge in [-0.2, -0.15) is 28.4 Å². The third kappa shape index (κ3) is 28.9. The predicted octanol–water partition coefficient (Wildman–Crippen LogP) is -2.23. The predicted molar refractivity (Wildman–Crippen MR) is 372 cm³/mol. The lowest BCUT2D eigenvalue weighted by atomic mass is 10.0. The first-order valence-electron chi connectivity index (χ1n) is 33.4. The van der Waals surface area contributed by atoms with E-state index in [1.165, 1.54) is 59.6 Å². The Balaban J connectivity index is 1.62. The van der Waals surface area contributed by atoms with Gasteiger partial charge in [-0.15, -0.1) is 0 Å². The number of hydrogen-bond donors (Lipinski definition) is 15. The van der Waals surface area contributed by atoms with E-state index in [2.05, 4.69) is 67.8 Å². The van der Waals surface area contributed by atoms with Gasteiger partial charge in [0.15, 0.2) is 5.96 Å². The minimum absolute atomic E-state index is 0.000415. The number of nitrogens with one attached hydrogen (secondary N) is 9. The summed E-state index contributed by atoms with van der Waals surface area (Å²) in [6.45, 7) is 6.22. The molecule has 0 unspecified atom stereocenters. The fourth-order valence-electron chi connectivity index (χ4n) is 10.9. The number of primary amides is 1. The molecule has 0 spiro atoms. The number of aliphatic hydroxyl groups excluding tert-OH is 1. The van der Waals surface area contributed by atoms with Crippen LogP contribution in [-0.4, -0.2) is 221 Å². The molecule has 2 aromatic carbocycles. The van der Waals surface area contributed by atoms with Gasteiger partial charge in [0.05, 0.1) is 26.2 Å². The number of carbonyl (C=O) groups is 13. The van der Waals surface area contributed by atoms with Crippen LogP contribution >= 0.6 is 23.5 Å². The number of nitrogens with zero attached hydrogens (tertiary/aromatic N) is 3. The number of phenols is 1. The number of guanidine groups is 1. The molecule has 11 atom stereocenters. The second kappa shape index (κ2) is 42.7.